The fourth-order valence-electron chi connectivity index (χ4n) is 9.65. The van der Waals surface area contributed by atoms with E-state index in [9.17, 15) is 14.4 Å². The highest BCUT2D eigenvalue weighted by Crippen LogP contribution is 2.18. The summed E-state index contributed by atoms with van der Waals surface area (Å²) in [4.78, 5) is 38.1. The van der Waals surface area contributed by atoms with Crippen LogP contribution < -0.4 is 0 Å². The Morgan fingerprint density at radius 2 is 0.507 bits per heavy atom. The summed E-state index contributed by atoms with van der Waals surface area (Å²) in [7, 11) is 0. The number of carbonyl (C=O) groups is 3. The Morgan fingerprint density at radius 1 is 0.282 bits per heavy atom. The Morgan fingerprint density at radius 3 is 0.775 bits per heavy atom. The largest absolute Gasteiger partial charge is 0.462 e. The molecule has 0 aliphatic carbocycles. The second kappa shape index (κ2) is 60.4. The molecule has 0 spiro atoms. The van der Waals surface area contributed by atoms with Gasteiger partial charge in [-0.25, -0.2) is 0 Å². The molecule has 0 saturated heterocycles. The van der Waals surface area contributed by atoms with E-state index in [1.54, 1.807) is 0 Å². The summed E-state index contributed by atoms with van der Waals surface area (Å²) in [5.41, 5.74) is 0. The van der Waals surface area contributed by atoms with Crippen molar-refractivity contribution in [3.63, 3.8) is 0 Å². The van der Waals surface area contributed by atoms with Crippen molar-refractivity contribution in [3.05, 3.63) is 24.3 Å². The first-order valence-electron chi connectivity index (χ1n) is 31.8. The van der Waals surface area contributed by atoms with Crippen LogP contribution in [0.25, 0.3) is 0 Å². The molecule has 418 valence electrons. The molecule has 6 nitrogen and oxygen atoms in total. The van der Waals surface area contributed by atoms with Crippen LogP contribution in [0.4, 0.5) is 0 Å². The Bertz CT molecular complexity index is 1150. The molecule has 0 radical (unpaired) electrons. The molecule has 0 saturated carbocycles. The Balaban J connectivity index is 4.08. The van der Waals surface area contributed by atoms with Gasteiger partial charge in [-0.15, -0.1) is 0 Å². The van der Waals surface area contributed by atoms with Crippen molar-refractivity contribution in [3.8, 4) is 0 Å². The quantitative estimate of drug-likeness (QED) is 0.0261. The van der Waals surface area contributed by atoms with Gasteiger partial charge in [-0.05, 0) is 51.4 Å². The zero-order chi connectivity index (χ0) is 51.4. The van der Waals surface area contributed by atoms with Crippen LogP contribution in [-0.4, -0.2) is 37.2 Å². The number of carbonyl (C=O) groups excluding carboxylic acids is 3. The lowest BCUT2D eigenvalue weighted by Gasteiger charge is -2.18. The van der Waals surface area contributed by atoms with E-state index >= 15 is 0 Å². The molecular formula is C65H122O6. The second-order valence-corrected chi connectivity index (χ2v) is 21.7. The van der Waals surface area contributed by atoms with Crippen molar-refractivity contribution in [1.82, 2.24) is 0 Å². The van der Waals surface area contributed by atoms with Gasteiger partial charge in [0, 0.05) is 19.3 Å². The SMILES string of the molecule is CCCCCCC/C=C\C/C=C\CCCCCCCCCCCCCCCC(=O)OCC(COC(=O)CCCCCCCCC)OC(=O)CCCCCCCCCCCCCCCCCCCCCCC. The minimum absolute atomic E-state index is 0.0661. The fourth-order valence-corrected chi connectivity index (χ4v) is 9.65. The van der Waals surface area contributed by atoms with Gasteiger partial charge in [0.05, 0.1) is 0 Å². The lowest BCUT2D eigenvalue weighted by molar-refractivity contribution is -0.167. The van der Waals surface area contributed by atoms with Crippen LogP contribution in [0.3, 0.4) is 0 Å². The lowest BCUT2D eigenvalue weighted by atomic mass is 10.0. The van der Waals surface area contributed by atoms with Gasteiger partial charge in [-0.3, -0.25) is 14.4 Å². The van der Waals surface area contributed by atoms with Crippen LogP contribution >= 0.6 is 0 Å². The number of unbranched alkanes of at least 4 members (excludes halogenated alkanes) is 44. The van der Waals surface area contributed by atoms with Crippen molar-refractivity contribution in [2.45, 2.75) is 361 Å². The van der Waals surface area contributed by atoms with Crippen LogP contribution in [-0.2, 0) is 28.6 Å². The third kappa shape index (κ3) is 58.7. The van der Waals surface area contributed by atoms with Gasteiger partial charge in [-0.2, -0.15) is 0 Å². The number of hydrogen-bond donors (Lipinski definition) is 0. The fraction of sp³-hybridized carbons (Fsp3) is 0.892. The molecule has 0 aromatic carbocycles. The van der Waals surface area contributed by atoms with Gasteiger partial charge >= 0.3 is 17.9 Å². The average molecular weight is 1000 g/mol. The van der Waals surface area contributed by atoms with E-state index in [0.717, 1.165) is 64.2 Å². The molecule has 0 bridgehead atoms. The lowest BCUT2D eigenvalue weighted by Crippen LogP contribution is -2.30. The van der Waals surface area contributed by atoms with Crippen molar-refractivity contribution in [1.29, 1.82) is 0 Å². The van der Waals surface area contributed by atoms with Crippen molar-refractivity contribution in [2.24, 2.45) is 0 Å². The molecule has 0 rings (SSSR count). The maximum Gasteiger partial charge on any atom is 0.306 e. The summed E-state index contributed by atoms with van der Waals surface area (Å²) in [6, 6.07) is 0. The number of ether oxygens (including phenoxy) is 3. The average Bonchev–Trinajstić information content (AvgIpc) is 3.37. The Kier molecular flexibility index (Phi) is 58.6. The van der Waals surface area contributed by atoms with E-state index in [2.05, 4.69) is 45.1 Å². The first-order chi connectivity index (χ1) is 35.0. The number of rotatable bonds is 59. The minimum Gasteiger partial charge on any atom is -0.462 e. The summed E-state index contributed by atoms with van der Waals surface area (Å²) >= 11 is 0. The Hall–Kier alpha value is -2.11. The first-order valence-corrected chi connectivity index (χ1v) is 31.8. The van der Waals surface area contributed by atoms with Crippen LogP contribution in [0.15, 0.2) is 24.3 Å². The van der Waals surface area contributed by atoms with Crippen LogP contribution in [0.5, 0.6) is 0 Å². The van der Waals surface area contributed by atoms with E-state index in [0.29, 0.717) is 19.3 Å². The highest BCUT2D eigenvalue weighted by Gasteiger charge is 2.19. The smallest absolute Gasteiger partial charge is 0.306 e. The number of esters is 3. The molecule has 0 amide bonds. The maximum absolute atomic E-state index is 12.9. The van der Waals surface area contributed by atoms with Gasteiger partial charge in [0.25, 0.3) is 0 Å². The molecule has 0 aromatic heterocycles. The second-order valence-electron chi connectivity index (χ2n) is 21.7. The van der Waals surface area contributed by atoms with Gasteiger partial charge in [0.2, 0.25) is 0 Å². The molecule has 0 aliphatic heterocycles. The molecule has 0 heterocycles. The highest BCUT2D eigenvalue weighted by molar-refractivity contribution is 5.71. The van der Waals surface area contributed by atoms with Gasteiger partial charge in [0.15, 0.2) is 6.10 Å². The number of hydrogen-bond acceptors (Lipinski definition) is 6. The third-order valence-corrected chi connectivity index (χ3v) is 14.5. The maximum atomic E-state index is 12.9. The van der Waals surface area contributed by atoms with Gasteiger partial charge < -0.3 is 14.2 Å². The van der Waals surface area contributed by atoms with E-state index in [4.69, 9.17) is 14.2 Å². The summed E-state index contributed by atoms with van der Waals surface area (Å²) < 4.78 is 16.9. The van der Waals surface area contributed by atoms with E-state index in [1.165, 1.54) is 250 Å². The van der Waals surface area contributed by atoms with Crippen molar-refractivity contribution >= 4 is 17.9 Å². The molecular weight excluding hydrogens is 877 g/mol. The molecule has 0 fully saturated rings. The van der Waals surface area contributed by atoms with Crippen molar-refractivity contribution < 1.29 is 28.6 Å². The molecule has 1 atom stereocenters. The van der Waals surface area contributed by atoms with E-state index < -0.39 is 6.10 Å². The minimum atomic E-state index is -0.765. The zero-order valence-corrected chi connectivity index (χ0v) is 48.0. The van der Waals surface area contributed by atoms with Crippen LogP contribution in [0.1, 0.15) is 355 Å². The highest BCUT2D eigenvalue weighted by atomic mass is 16.6. The van der Waals surface area contributed by atoms with Gasteiger partial charge in [0.1, 0.15) is 13.2 Å². The van der Waals surface area contributed by atoms with Crippen LogP contribution in [0.2, 0.25) is 0 Å². The molecule has 0 N–H and O–H groups in total. The molecule has 1 unspecified atom stereocenters. The molecule has 71 heavy (non-hydrogen) atoms. The summed E-state index contributed by atoms with van der Waals surface area (Å²) in [6.07, 6.45) is 72.1. The van der Waals surface area contributed by atoms with Crippen LogP contribution in [0, 0.1) is 0 Å². The van der Waals surface area contributed by atoms with Gasteiger partial charge in [-0.1, -0.05) is 308 Å². The molecule has 6 heteroatoms. The normalized spacial score (nSPS) is 12.1. The molecule has 0 aliphatic rings. The number of allylic oxidation sites excluding steroid dienone is 4. The molecule has 0 aromatic rings. The third-order valence-electron chi connectivity index (χ3n) is 14.5. The topological polar surface area (TPSA) is 78.9 Å². The summed E-state index contributed by atoms with van der Waals surface area (Å²) in [5.74, 6) is -0.849. The monoisotopic (exact) mass is 999 g/mol. The Labute approximate surface area is 443 Å². The van der Waals surface area contributed by atoms with E-state index in [1.807, 2.05) is 0 Å². The summed E-state index contributed by atoms with van der Waals surface area (Å²) in [5, 5.41) is 0. The predicted molar refractivity (Wildman–Crippen MR) is 307 cm³/mol. The zero-order valence-electron chi connectivity index (χ0n) is 48.0. The summed E-state index contributed by atoms with van der Waals surface area (Å²) in [6.45, 7) is 6.65. The predicted octanol–water partition coefficient (Wildman–Crippen LogP) is 21.4. The standard InChI is InChI=1S/C65H122O6/c1-4-7-10-13-16-18-20-22-24-26-28-30-31-32-33-35-36-38-40-42-44-46-49-52-55-58-64(67)70-61-62(60-69-63(66)57-54-51-48-15-12-9-6-3)71-65(68)59-56-53-50-47-45-43-41-39-37-34-29-27-25-23-21-19-17-14-11-8-5-2/h20,22,26,28,62H,4-19,21,23-25,27,29-61H2,1-3H3/b22-20-,28-26-. The van der Waals surface area contributed by atoms with Crippen molar-refractivity contribution in [2.75, 3.05) is 13.2 Å². The van der Waals surface area contributed by atoms with E-state index in [-0.39, 0.29) is 31.1 Å². The first kappa shape index (κ1) is 68.9.